The number of aromatic nitrogens is 1. The third-order valence-corrected chi connectivity index (χ3v) is 3.10. The van der Waals surface area contributed by atoms with Crippen LogP contribution in [0, 0.1) is 5.95 Å². The minimum atomic E-state index is -0.751. The second-order valence-corrected chi connectivity index (χ2v) is 4.07. The Morgan fingerprint density at radius 1 is 1.24 bits per heavy atom. The van der Waals surface area contributed by atoms with Gasteiger partial charge in [0.25, 0.3) is 0 Å². The lowest BCUT2D eigenvalue weighted by Crippen LogP contribution is -1.95. The second kappa shape index (κ2) is 4.82. The molecule has 1 heterocycles. The van der Waals surface area contributed by atoms with Crippen LogP contribution >= 0.6 is 23.2 Å². The molecule has 0 saturated carbocycles. The van der Waals surface area contributed by atoms with Crippen LogP contribution in [0.25, 0.3) is 11.1 Å². The van der Waals surface area contributed by atoms with Crippen molar-refractivity contribution in [1.29, 1.82) is 0 Å². The van der Waals surface area contributed by atoms with Crippen molar-refractivity contribution in [1.82, 2.24) is 4.98 Å². The van der Waals surface area contributed by atoms with Crippen LogP contribution in [0.2, 0.25) is 10.0 Å². The van der Waals surface area contributed by atoms with Gasteiger partial charge >= 0.3 is 0 Å². The number of nitrogens with zero attached hydrogens (tertiary/aromatic N) is 1. The van der Waals surface area contributed by atoms with E-state index < -0.39 is 5.95 Å². The highest BCUT2D eigenvalue weighted by atomic mass is 35.5. The third-order valence-electron chi connectivity index (χ3n) is 2.28. The molecule has 0 amide bonds. The number of hydrogen-bond acceptors (Lipinski definition) is 2. The van der Waals surface area contributed by atoms with E-state index in [-0.39, 0.29) is 16.1 Å². The van der Waals surface area contributed by atoms with Gasteiger partial charge in [0.2, 0.25) is 5.95 Å². The predicted molar refractivity (Wildman–Crippen MR) is 65.0 cm³/mol. The molecule has 0 atom stereocenters. The van der Waals surface area contributed by atoms with E-state index in [1.54, 1.807) is 18.2 Å². The van der Waals surface area contributed by atoms with E-state index in [0.29, 0.717) is 16.9 Å². The maximum Gasteiger partial charge on any atom is 0.221 e. The van der Waals surface area contributed by atoms with Gasteiger partial charge in [0.1, 0.15) is 0 Å². The molecular formula is C12H6Cl2FNO. The summed E-state index contributed by atoms with van der Waals surface area (Å²) < 4.78 is 13.7. The maximum absolute atomic E-state index is 13.7. The van der Waals surface area contributed by atoms with Gasteiger partial charge in [-0.25, -0.2) is 4.98 Å². The standard InChI is InChI=1S/C12H6Cl2FNO/c13-9-3-1-2-8(11(9)14)10-7(6-17)4-5-16-12(10)15/h1-6H. The zero-order chi connectivity index (χ0) is 12.4. The van der Waals surface area contributed by atoms with Crippen LogP contribution in [0.4, 0.5) is 4.39 Å². The molecule has 1 aromatic heterocycles. The first-order chi connectivity index (χ1) is 8.15. The van der Waals surface area contributed by atoms with Crippen LogP contribution in [-0.2, 0) is 0 Å². The van der Waals surface area contributed by atoms with Crippen molar-refractivity contribution in [2.24, 2.45) is 0 Å². The van der Waals surface area contributed by atoms with Crippen molar-refractivity contribution in [3.8, 4) is 11.1 Å². The van der Waals surface area contributed by atoms with Crippen molar-refractivity contribution in [2.75, 3.05) is 0 Å². The van der Waals surface area contributed by atoms with Crippen LogP contribution in [0.3, 0.4) is 0 Å². The predicted octanol–water partition coefficient (Wildman–Crippen LogP) is 4.01. The number of carbonyl (C=O) groups is 1. The molecule has 86 valence electrons. The minimum Gasteiger partial charge on any atom is -0.298 e. The van der Waals surface area contributed by atoms with E-state index in [1.807, 2.05) is 0 Å². The van der Waals surface area contributed by atoms with Crippen LogP contribution < -0.4 is 0 Å². The third kappa shape index (κ3) is 2.16. The molecule has 0 N–H and O–H groups in total. The topological polar surface area (TPSA) is 30.0 Å². The van der Waals surface area contributed by atoms with E-state index in [4.69, 9.17) is 23.2 Å². The first-order valence-electron chi connectivity index (χ1n) is 4.69. The first kappa shape index (κ1) is 12.0. The largest absolute Gasteiger partial charge is 0.298 e. The molecule has 0 saturated heterocycles. The van der Waals surface area contributed by atoms with Gasteiger partial charge in [0.05, 0.1) is 10.0 Å². The zero-order valence-corrected chi connectivity index (χ0v) is 9.97. The summed E-state index contributed by atoms with van der Waals surface area (Å²) in [6.07, 6.45) is 1.78. The van der Waals surface area contributed by atoms with Crippen molar-refractivity contribution in [3.63, 3.8) is 0 Å². The average Bonchev–Trinajstić information content (AvgIpc) is 2.33. The molecule has 0 spiro atoms. The zero-order valence-electron chi connectivity index (χ0n) is 8.45. The van der Waals surface area contributed by atoms with Crippen LogP contribution in [-0.4, -0.2) is 11.3 Å². The summed E-state index contributed by atoms with van der Waals surface area (Å²) in [5, 5.41) is 0.494. The highest BCUT2D eigenvalue weighted by Crippen LogP contribution is 2.35. The second-order valence-electron chi connectivity index (χ2n) is 3.29. The quantitative estimate of drug-likeness (QED) is 0.609. The minimum absolute atomic E-state index is 0.0648. The smallest absolute Gasteiger partial charge is 0.221 e. The fourth-order valence-corrected chi connectivity index (χ4v) is 1.91. The van der Waals surface area contributed by atoms with Crippen molar-refractivity contribution >= 4 is 29.5 Å². The van der Waals surface area contributed by atoms with Gasteiger partial charge in [-0.15, -0.1) is 0 Å². The van der Waals surface area contributed by atoms with E-state index in [9.17, 15) is 9.18 Å². The number of hydrogen-bond donors (Lipinski definition) is 0. The lowest BCUT2D eigenvalue weighted by molar-refractivity contribution is 0.112. The highest BCUT2D eigenvalue weighted by molar-refractivity contribution is 6.43. The molecule has 0 aliphatic rings. The van der Waals surface area contributed by atoms with Crippen molar-refractivity contribution in [3.05, 3.63) is 52.0 Å². The molecule has 1 aromatic carbocycles. The van der Waals surface area contributed by atoms with Crippen molar-refractivity contribution in [2.45, 2.75) is 0 Å². The molecule has 2 aromatic rings. The Balaban J connectivity index is 2.76. The summed E-state index contributed by atoms with van der Waals surface area (Å²) in [6, 6.07) is 6.22. The molecule has 0 radical (unpaired) electrons. The van der Waals surface area contributed by atoms with Crippen LogP contribution in [0.1, 0.15) is 10.4 Å². The summed E-state index contributed by atoms with van der Waals surface area (Å²) in [7, 11) is 0. The summed E-state index contributed by atoms with van der Waals surface area (Å²) in [4.78, 5) is 14.4. The van der Waals surface area contributed by atoms with Gasteiger partial charge in [-0.3, -0.25) is 4.79 Å². The fourth-order valence-electron chi connectivity index (χ4n) is 1.51. The Bertz CT molecular complexity index is 587. The summed E-state index contributed by atoms with van der Waals surface area (Å²) in [5.41, 5.74) is 0.600. The van der Waals surface area contributed by atoms with E-state index in [0.717, 1.165) is 0 Å². The molecule has 2 rings (SSSR count). The van der Waals surface area contributed by atoms with Crippen LogP contribution in [0.5, 0.6) is 0 Å². The molecule has 0 aliphatic carbocycles. The molecule has 0 aliphatic heterocycles. The lowest BCUT2D eigenvalue weighted by Gasteiger charge is -2.08. The summed E-state index contributed by atoms with van der Waals surface area (Å²) in [6.45, 7) is 0. The first-order valence-corrected chi connectivity index (χ1v) is 5.45. The number of rotatable bonds is 2. The normalized spacial score (nSPS) is 10.3. The summed E-state index contributed by atoms with van der Waals surface area (Å²) >= 11 is 11.8. The number of pyridine rings is 1. The van der Waals surface area contributed by atoms with E-state index >= 15 is 0 Å². The maximum atomic E-state index is 13.7. The van der Waals surface area contributed by atoms with Gasteiger partial charge in [-0.1, -0.05) is 35.3 Å². The van der Waals surface area contributed by atoms with Crippen LogP contribution in [0.15, 0.2) is 30.5 Å². The van der Waals surface area contributed by atoms with Gasteiger partial charge < -0.3 is 0 Å². The fraction of sp³-hybridized carbons (Fsp3) is 0. The van der Waals surface area contributed by atoms with Gasteiger partial charge in [-0.2, -0.15) is 4.39 Å². The Kier molecular flexibility index (Phi) is 3.41. The Labute approximate surface area is 107 Å². The summed E-state index contributed by atoms with van der Waals surface area (Å²) in [5.74, 6) is -0.751. The molecular weight excluding hydrogens is 264 g/mol. The van der Waals surface area contributed by atoms with Gasteiger partial charge in [-0.05, 0) is 12.1 Å². The SMILES string of the molecule is O=Cc1ccnc(F)c1-c1cccc(Cl)c1Cl. The number of benzene rings is 1. The Hall–Kier alpha value is -1.45. The van der Waals surface area contributed by atoms with E-state index in [2.05, 4.69) is 4.98 Å². The Morgan fingerprint density at radius 3 is 2.71 bits per heavy atom. The monoisotopic (exact) mass is 269 g/mol. The number of aldehydes is 1. The highest BCUT2D eigenvalue weighted by Gasteiger charge is 2.15. The number of carbonyl (C=O) groups excluding carboxylic acids is 1. The van der Waals surface area contributed by atoms with Gasteiger partial charge in [0.15, 0.2) is 6.29 Å². The molecule has 0 bridgehead atoms. The average molecular weight is 270 g/mol. The van der Waals surface area contributed by atoms with Gasteiger partial charge in [0, 0.05) is 22.9 Å². The van der Waals surface area contributed by atoms with E-state index in [1.165, 1.54) is 12.3 Å². The number of halogens is 3. The molecule has 0 fully saturated rings. The van der Waals surface area contributed by atoms with Crippen molar-refractivity contribution < 1.29 is 9.18 Å². The molecule has 5 heteroatoms. The Morgan fingerprint density at radius 2 is 2.00 bits per heavy atom. The molecule has 17 heavy (non-hydrogen) atoms. The molecule has 0 unspecified atom stereocenters. The lowest BCUT2D eigenvalue weighted by atomic mass is 10.0. The molecule has 2 nitrogen and oxygen atoms in total.